The van der Waals surface area contributed by atoms with Gasteiger partial charge in [0.1, 0.15) is 0 Å². The Hall–Kier alpha value is -0.860. The van der Waals surface area contributed by atoms with Crippen LogP contribution in [-0.4, -0.2) is 35.2 Å². The molecular weight excluding hydrogens is 186 g/mol. The summed E-state index contributed by atoms with van der Waals surface area (Å²) in [6.07, 6.45) is 0. The van der Waals surface area contributed by atoms with E-state index in [0.717, 1.165) is 18.2 Å². The zero-order valence-electron chi connectivity index (χ0n) is 11.2. The van der Waals surface area contributed by atoms with Crippen LogP contribution in [0.3, 0.4) is 0 Å². The predicted molar refractivity (Wildman–Crippen MR) is 68.9 cm³/mol. The van der Waals surface area contributed by atoms with Crippen molar-refractivity contribution in [1.29, 1.82) is 0 Å². The van der Waals surface area contributed by atoms with Gasteiger partial charge in [0.05, 0.1) is 0 Å². The maximum atomic E-state index is 4.56. The Labute approximate surface area is 94.3 Å². The molecule has 0 aliphatic carbocycles. The molecule has 3 heteroatoms. The summed E-state index contributed by atoms with van der Waals surface area (Å²) in [6.45, 7) is 15.6. The van der Waals surface area contributed by atoms with Crippen LogP contribution in [0.25, 0.3) is 0 Å². The Morgan fingerprint density at radius 3 is 1.93 bits per heavy atom. The van der Waals surface area contributed by atoms with Gasteiger partial charge in [-0.3, -0.25) is 0 Å². The quantitative estimate of drug-likeness (QED) is 0.521. The summed E-state index contributed by atoms with van der Waals surface area (Å²) < 4.78 is 0. The zero-order chi connectivity index (χ0) is 12.0. The molecule has 0 aromatic rings. The lowest BCUT2D eigenvalue weighted by molar-refractivity contribution is 0.361. The van der Waals surface area contributed by atoms with Crippen molar-refractivity contribution in [3.05, 3.63) is 0 Å². The second-order valence-corrected chi connectivity index (χ2v) is 4.46. The van der Waals surface area contributed by atoms with E-state index in [1.807, 2.05) is 13.8 Å². The van der Waals surface area contributed by atoms with Gasteiger partial charge in [0.25, 0.3) is 0 Å². The Kier molecular flexibility index (Phi) is 6.21. The molecule has 0 fully saturated rings. The number of aliphatic imine (C=N–C) groups is 2. The topological polar surface area (TPSA) is 28.0 Å². The van der Waals surface area contributed by atoms with Gasteiger partial charge < -0.3 is 4.90 Å². The zero-order valence-corrected chi connectivity index (χ0v) is 11.2. The van der Waals surface area contributed by atoms with Gasteiger partial charge >= 0.3 is 0 Å². The van der Waals surface area contributed by atoms with Crippen molar-refractivity contribution < 1.29 is 0 Å². The minimum absolute atomic E-state index is 0.288. The van der Waals surface area contributed by atoms with Crippen molar-refractivity contribution in [2.45, 2.75) is 60.5 Å². The standard InChI is InChI=1S/C12H25N3/c1-8-15(11(6)7)12(13-9(2)3)14-10(4)5/h9,11H,8H2,1-7H3/b13-12-. The van der Waals surface area contributed by atoms with Crippen molar-refractivity contribution >= 4 is 11.7 Å². The molecule has 0 bridgehead atoms. The Morgan fingerprint density at radius 1 is 1.13 bits per heavy atom. The van der Waals surface area contributed by atoms with E-state index >= 15 is 0 Å². The largest absolute Gasteiger partial charge is 0.339 e. The fourth-order valence-corrected chi connectivity index (χ4v) is 1.34. The van der Waals surface area contributed by atoms with Gasteiger partial charge in [0.2, 0.25) is 5.96 Å². The highest BCUT2D eigenvalue weighted by Crippen LogP contribution is 2.04. The molecular formula is C12H25N3. The Morgan fingerprint density at radius 2 is 1.67 bits per heavy atom. The first-order valence-electron chi connectivity index (χ1n) is 5.74. The highest BCUT2D eigenvalue weighted by Gasteiger charge is 2.12. The van der Waals surface area contributed by atoms with Crippen LogP contribution in [0, 0.1) is 0 Å². The molecule has 3 nitrogen and oxygen atoms in total. The first kappa shape index (κ1) is 14.1. The van der Waals surface area contributed by atoms with Crippen molar-refractivity contribution in [1.82, 2.24) is 4.90 Å². The maximum absolute atomic E-state index is 4.56. The van der Waals surface area contributed by atoms with Gasteiger partial charge in [-0.05, 0) is 48.5 Å². The number of hydrogen-bond donors (Lipinski definition) is 0. The second kappa shape index (κ2) is 6.59. The third kappa shape index (κ3) is 5.55. The first-order chi connectivity index (χ1) is 6.88. The molecule has 0 aliphatic heterocycles. The van der Waals surface area contributed by atoms with E-state index in [1.165, 1.54) is 0 Å². The van der Waals surface area contributed by atoms with E-state index in [9.17, 15) is 0 Å². The fourth-order valence-electron chi connectivity index (χ4n) is 1.34. The summed E-state index contributed by atoms with van der Waals surface area (Å²) in [5.41, 5.74) is 1.05. The molecule has 0 rings (SSSR count). The van der Waals surface area contributed by atoms with E-state index in [2.05, 4.69) is 49.5 Å². The molecule has 15 heavy (non-hydrogen) atoms. The van der Waals surface area contributed by atoms with Gasteiger partial charge in [-0.15, -0.1) is 0 Å². The molecule has 0 aromatic carbocycles. The lowest BCUT2D eigenvalue weighted by atomic mass is 10.3. The van der Waals surface area contributed by atoms with Crippen LogP contribution < -0.4 is 0 Å². The van der Waals surface area contributed by atoms with Crippen LogP contribution >= 0.6 is 0 Å². The molecule has 0 spiro atoms. The molecule has 0 unspecified atom stereocenters. The van der Waals surface area contributed by atoms with Crippen LogP contribution in [0.5, 0.6) is 0 Å². The van der Waals surface area contributed by atoms with Crippen molar-refractivity contribution in [2.75, 3.05) is 6.54 Å². The summed E-state index contributed by atoms with van der Waals surface area (Å²) in [6, 6.07) is 0.728. The van der Waals surface area contributed by atoms with Gasteiger partial charge in [-0.2, -0.15) is 0 Å². The SMILES string of the molecule is CCN(/C(N=C(C)C)=N\C(C)C)C(C)C. The average molecular weight is 211 g/mol. The monoisotopic (exact) mass is 211 g/mol. The predicted octanol–water partition coefficient (Wildman–Crippen LogP) is 2.96. The number of hydrogen-bond acceptors (Lipinski definition) is 1. The van der Waals surface area contributed by atoms with Crippen LogP contribution in [0.15, 0.2) is 9.98 Å². The van der Waals surface area contributed by atoms with Crippen molar-refractivity contribution in [3.8, 4) is 0 Å². The normalized spacial score (nSPS) is 12.2. The number of guanidine groups is 1. The summed E-state index contributed by atoms with van der Waals surface area (Å²) in [5, 5.41) is 0. The fraction of sp³-hybridized carbons (Fsp3) is 0.833. The minimum Gasteiger partial charge on any atom is -0.339 e. The molecule has 0 saturated heterocycles. The van der Waals surface area contributed by atoms with E-state index in [0.29, 0.717) is 6.04 Å². The summed E-state index contributed by atoms with van der Waals surface area (Å²) in [7, 11) is 0. The lowest BCUT2D eigenvalue weighted by Crippen LogP contribution is -2.36. The van der Waals surface area contributed by atoms with E-state index in [-0.39, 0.29) is 6.04 Å². The van der Waals surface area contributed by atoms with Crippen LogP contribution in [0.4, 0.5) is 0 Å². The summed E-state index contributed by atoms with van der Waals surface area (Å²) in [4.78, 5) is 11.3. The number of nitrogens with zero attached hydrogens (tertiary/aromatic N) is 3. The van der Waals surface area contributed by atoms with E-state index in [4.69, 9.17) is 0 Å². The molecule has 0 amide bonds. The third-order valence-corrected chi connectivity index (χ3v) is 1.92. The van der Waals surface area contributed by atoms with Gasteiger partial charge in [-0.25, -0.2) is 9.98 Å². The van der Waals surface area contributed by atoms with Gasteiger partial charge in [0, 0.05) is 24.3 Å². The first-order valence-corrected chi connectivity index (χ1v) is 5.74. The van der Waals surface area contributed by atoms with E-state index < -0.39 is 0 Å². The van der Waals surface area contributed by atoms with Gasteiger partial charge in [-0.1, -0.05) is 0 Å². The maximum Gasteiger partial charge on any atom is 0.221 e. The minimum atomic E-state index is 0.288. The molecule has 88 valence electrons. The van der Waals surface area contributed by atoms with Crippen LogP contribution in [0.2, 0.25) is 0 Å². The van der Waals surface area contributed by atoms with Crippen LogP contribution in [-0.2, 0) is 0 Å². The molecule has 0 atom stereocenters. The lowest BCUT2D eigenvalue weighted by Gasteiger charge is -2.26. The van der Waals surface area contributed by atoms with E-state index in [1.54, 1.807) is 0 Å². The van der Waals surface area contributed by atoms with Crippen LogP contribution in [0.1, 0.15) is 48.5 Å². The highest BCUT2D eigenvalue weighted by atomic mass is 15.3. The van der Waals surface area contributed by atoms with Crippen molar-refractivity contribution in [3.63, 3.8) is 0 Å². The molecule has 0 N–H and O–H groups in total. The molecule has 0 aromatic heterocycles. The smallest absolute Gasteiger partial charge is 0.221 e. The number of rotatable bonds is 3. The summed E-state index contributed by atoms with van der Waals surface area (Å²) in [5.74, 6) is 0.863. The van der Waals surface area contributed by atoms with Gasteiger partial charge in [0.15, 0.2) is 0 Å². The molecule has 0 aliphatic rings. The Bertz CT molecular complexity index is 235. The van der Waals surface area contributed by atoms with Crippen molar-refractivity contribution in [2.24, 2.45) is 9.98 Å². The molecule has 0 heterocycles. The highest BCUT2D eigenvalue weighted by molar-refractivity contribution is 5.94. The molecule has 0 radical (unpaired) electrons. The Balaban J connectivity index is 5.00. The average Bonchev–Trinajstić information content (AvgIpc) is 2.01. The second-order valence-electron chi connectivity index (χ2n) is 4.46. The summed E-state index contributed by atoms with van der Waals surface area (Å²) >= 11 is 0. The molecule has 0 saturated carbocycles. The third-order valence-electron chi connectivity index (χ3n) is 1.92.